The van der Waals surface area contributed by atoms with Gasteiger partial charge in [0.05, 0.1) is 11.1 Å². The van der Waals surface area contributed by atoms with Crippen LogP contribution in [0.15, 0.2) is 24.3 Å². The van der Waals surface area contributed by atoms with Gasteiger partial charge in [-0.1, -0.05) is 23.2 Å². The number of pyridine rings is 1. The Morgan fingerprint density at radius 3 is 2.50 bits per heavy atom. The molecule has 0 bridgehead atoms. The van der Waals surface area contributed by atoms with Crippen LogP contribution in [-0.4, -0.2) is 19.6 Å². The van der Waals surface area contributed by atoms with Crippen molar-refractivity contribution in [3.05, 3.63) is 40.0 Å². The van der Waals surface area contributed by atoms with Gasteiger partial charge in [-0.3, -0.25) is 0 Å². The summed E-state index contributed by atoms with van der Waals surface area (Å²) in [6, 6.07) is 7.11. The first-order chi connectivity index (χ1) is 10.4. The Morgan fingerprint density at radius 2 is 1.86 bits per heavy atom. The van der Waals surface area contributed by atoms with Crippen molar-refractivity contribution in [3.8, 4) is 17.1 Å². The lowest BCUT2D eigenvalue weighted by molar-refractivity contribution is 0.475. The number of rotatable bonds is 2. The number of nitrogens with zero attached hydrogens (tertiary/aromatic N) is 3. The summed E-state index contributed by atoms with van der Waals surface area (Å²) in [4.78, 5) is 8.85. The molecule has 4 nitrogen and oxygen atoms in total. The predicted molar refractivity (Wildman–Crippen MR) is 89.8 cm³/mol. The summed E-state index contributed by atoms with van der Waals surface area (Å²) < 4.78 is 2.04. The number of aromatic hydroxyl groups is 1. The van der Waals surface area contributed by atoms with Gasteiger partial charge in [0.25, 0.3) is 0 Å². The van der Waals surface area contributed by atoms with Crippen LogP contribution in [0.5, 0.6) is 5.75 Å². The summed E-state index contributed by atoms with van der Waals surface area (Å²) in [5.74, 6) is 0.764. The Morgan fingerprint density at radius 1 is 1.14 bits per heavy atom. The average Bonchev–Trinajstić information content (AvgIpc) is 2.75. The number of hydrogen-bond acceptors (Lipinski definition) is 3. The highest BCUT2D eigenvalue weighted by molar-refractivity contribution is 6.31. The van der Waals surface area contributed by atoms with Gasteiger partial charge in [-0.15, -0.1) is 0 Å². The van der Waals surface area contributed by atoms with E-state index in [0.717, 1.165) is 11.1 Å². The van der Waals surface area contributed by atoms with E-state index in [0.29, 0.717) is 27.2 Å². The molecule has 0 spiro atoms. The molecule has 6 heteroatoms. The molecule has 2 aromatic heterocycles. The van der Waals surface area contributed by atoms with Crippen LogP contribution in [0.4, 0.5) is 0 Å². The summed E-state index contributed by atoms with van der Waals surface area (Å²) in [5.41, 5.74) is 2.95. The van der Waals surface area contributed by atoms with Gasteiger partial charge in [-0.05, 0) is 50.6 Å². The molecule has 1 aromatic carbocycles. The van der Waals surface area contributed by atoms with E-state index in [1.165, 1.54) is 6.07 Å². The number of aromatic nitrogens is 3. The van der Waals surface area contributed by atoms with Gasteiger partial charge in [0, 0.05) is 11.1 Å². The third-order valence-electron chi connectivity index (χ3n) is 3.54. The van der Waals surface area contributed by atoms with Gasteiger partial charge in [0.15, 0.2) is 5.65 Å². The Kier molecular flexibility index (Phi) is 3.75. The molecule has 0 atom stereocenters. The number of phenols is 1. The molecule has 0 radical (unpaired) electrons. The molecule has 0 fully saturated rings. The van der Waals surface area contributed by atoms with E-state index >= 15 is 0 Å². The van der Waals surface area contributed by atoms with Crippen molar-refractivity contribution in [1.82, 2.24) is 14.5 Å². The maximum absolute atomic E-state index is 10.3. The van der Waals surface area contributed by atoms with Crippen molar-refractivity contribution in [2.45, 2.75) is 26.8 Å². The van der Waals surface area contributed by atoms with Gasteiger partial charge >= 0.3 is 0 Å². The minimum absolute atomic E-state index is 0.105. The molecule has 3 aromatic rings. The first kappa shape index (κ1) is 15.1. The van der Waals surface area contributed by atoms with E-state index < -0.39 is 0 Å². The van der Waals surface area contributed by atoms with Crippen LogP contribution >= 0.6 is 23.2 Å². The highest BCUT2D eigenvalue weighted by Crippen LogP contribution is 2.37. The largest absolute Gasteiger partial charge is 0.507 e. The fourth-order valence-electron chi connectivity index (χ4n) is 2.67. The molecule has 0 saturated carbocycles. The molecule has 3 rings (SSSR count). The average molecular weight is 336 g/mol. The molecular weight excluding hydrogens is 321 g/mol. The quantitative estimate of drug-likeness (QED) is 0.670. The standard InChI is InChI=1S/C16H15Cl2N3O/c1-8(2)21-11-4-5-13(18)19-15(11)20-16(21)14-9(3)6-10(17)7-12(14)22/h4-8,22H,1-3H3. The topological polar surface area (TPSA) is 50.9 Å². The second-order valence-corrected chi connectivity index (χ2v) is 6.32. The maximum Gasteiger partial charge on any atom is 0.179 e. The Balaban J connectivity index is 2.38. The lowest BCUT2D eigenvalue weighted by atomic mass is 10.1. The Labute approximate surface area is 138 Å². The second kappa shape index (κ2) is 5.45. The van der Waals surface area contributed by atoms with E-state index in [2.05, 4.69) is 23.8 Å². The van der Waals surface area contributed by atoms with Crippen LogP contribution in [0.25, 0.3) is 22.6 Å². The van der Waals surface area contributed by atoms with Crippen molar-refractivity contribution in [3.63, 3.8) is 0 Å². The smallest absolute Gasteiger partial charge is 0.179 e. The summed E-state index contributed by atoms with van der Waals surface area (Å²) in [6.07, 6.45) is 0. The van der Waals surface area contributed by atoms with Gasteiger partial charge in [-0.2, -0.15) is 0 Å². The summed E-state index contributed by atoms with van der Waals surface area (Å²) >= 11 is 12.0. The van der Waals surface area contributed by atoms with Crippen LogP contribution in [0.1, 0.15) is 25.5 Å². The lowest BCUT2D eigenvalue weighted by Crippen LogP contribution is -2.04. The van der Waals surface area contributed by atoms with Crippen molar-refractivity contribution in [1.29, 1.82) is 0 Å². The van der Waals surface area contributed by atoms with Crippen LogP contribution < -0.4 is 0 Å². The number of phenolic OH excluding ortho intramolecular Hbond substituents is 1. The Hall–Kier alpha value is -1.78. The first-order valence-corrected chi connectivity index (χ1v) is 7.68. The molecular formula is C16H15Cl2N3O. The van der Waals surface area contributed by atoms with Crippen LogP contribution in [-0.2, 0) is 0 Å². The van der Waals surface area contributed by atoms with E-state index in [1.54, 1.807) is 12.1 Å². The molecule has 114 valence electrons. The second-order valence-electron chi connectivity index (χ2n) is 5.49. The molecule has 0 aliphatic heterocycles. The Bertz CT molecular complexity index is 848. The minimum atomic E-state index is 0.105. The fraction of sp³-hybridized carbons (Fsp3) is 0.250. The van der Waals surface area contributed by atoms with Crippen LogP contribution in [0.2, 0.25) is 10.2 Å². The van der Waals surface area contributed by atoms with Gasteiger partial charge < -0.3 is 9.67 Å². The molecule has 1 N–H and O–H groups in total. The number of halogens is 2. The number of benzene rings is 1. The zero-order valence-electron chi connectivity index (χ0n) is 12.4. The highest BCUT2D eigenvalue weighted by Gasteiger charge is 2.20. The first-order valence-electron chi connectivity index (χ1n) is 6.92. The molecule has 0 aliphatic rings. The SMILES string of the molecule is Cc1cc(Cl)cc(O)c1-c1nc2nc(Cl)ccc2n1C(C)C. The van der Waals surface area contributed by atoms with Crippen molar-refractivity contribution < 1.29 is 5.11 Å². The zero-order valence-corrected chi connectivity index (χ0v) is 13.9. The number of aryl methyl sites for hydroxylation is 1. The van der Waals surface area contributed by atoms with E-state index in [9.17, 15) is 5.11 Å². The third-order valence-corrected chi connectivity index (χ3v) is 3.97. The lowest BCUT2D eigenvalue weighted by Gasteiger charge is -2.15. The van der Waals surface area contributed by atoms with E-state index in [-0.39, 0.29) is 11.8 Å². The molecule has 0 amide bonds. The van der Waals surface area contributed by atoms with Crippen LogP contribution in [0.3, 0.4) is 0 Å². The predicted octanol–water partition coefficient (Wildman–Crippen LogP) is 5.00. The van der Waals surface area contributed by atoms with Gasteiger partial charge in [-0.25, -0.2) is 9.97 Å². The van der Waals surface area contributed by atoms with E-state index in [1.807, 2.05) is 17.6 Å². The maximum atomic E-state index is 10.3. The highest BCUT2D eigenvalue weighted by atomic mass is 35.5. The van der Waals surface area contributed by atoms with E-state index in [4.69, 9.17) is 23.2 Å². The normalized spacial score (nSPS) is 11.5. The molecule has 0 aliphatic carbocycles. The number of imidazole rings is 1. The van der Waals surface area contributed by atoms with Crippen molar-refractivity contribution >= 4 is 34.4 Å². The monoisotopic (exact) mass is 335 g/mol. The molecule has 22 heavy (non-hydrogen) atoms. The van der Waals surface area contributed by atoms with Crippen LogP contribution in [0, 0.1) is 6.92 Å². The van der Waals surface area contributed by atoms with Crippen molar-refractivity contribution in [2.75, 3.05) is 0 Å². The molecule has 0 unspecified atom stereocenters. The minimum Gasteiger partial charge on any atom is -0.507 e. The molecule has 0 saturated heterocycles. The fourth-order valence-corrected chi connectivity index (χ4v) is 3.08. The third kappa shape index (κ3) is 2.42. The molecule has 2 heterocycles. The zero-order chi connectivity index (χ0) is 16.0. The van der Waals surface area contributed by atoms with Gasteiger partial charge in [0.1, 0.15) is 16.7 Å². The summed E-state index contributed by atoms with van der Waals surface area (Å²) in [5, 5.41) is 11.2. The summed E-state index contributed by atoms with van der Waals surface area (Å²) in [7, 11) is 0. The van der Waals surface area contributed by atoms with Crippen molar-refractivity contribution in [2.24, 2.45) is 0 Å². The number of hydrogen-bond donors (Lipinski definition) is 1. The summed E-state index contributed by atoms with van der Waals surface area (Å²) in [6.45, 7) is 6.01. The number of fused-ring (bicyclic) bond motifs is 1. The van der Waals surface area contributed by atoms with Gasteiger partial charge in [0.2, 0.25) is 0 Å².